The highest BCUT2D eigenvalue weighted by Gasteiger charge is 2.09. The molecule has 0 aliphatic rings. The lowest BCUT2D eigenvalue weighted by Crippen LogP contribution is -2.08. The molecule has 0 saturated heterocycles. The van der Waals surface area contributed by atoms with E-state index < -0.39 is 0 Å². The van der Waals surface area contributed by atoms with E-state index in [1.807, 2.05) is 17.5 Å². The van der Waals surface area contributed by atoms with E-state index in [0.717, 1.165) is 34.7 Å². The second-order valence-corrected chi connectivity index (χ2v) is 5.20. The summed E-state index contributed by atoms with van der Waals surface area (Å²) in [5.74, 6) is 1.47. The Kier molecular flexibility index (Phi) is 3.78. The maximum absolute atomic E-state index is 4.82. The molecule has 0 radical (unpaired) electrons. The van der Waals surface area contributed by atoms with Crippen molar-refractivity contribution >= 4 is 33.3 Å². The molecule has 0 fully saturated rings. The van der Waals surface area contributed by atoms with E-state index in [-0.39, 0.29) is 0 Å². The fraction of sp³-hybridized carbons (Fsp3) is 0.308. The van der Waals surface area contributed by atoms with Crippen LogP contribution in [0.4, 0.5) is 11.8 Å². The average Bonchev–Trinajstić information content (AvgIpc) is 3.13. The van der Waals surface area contributed by atoms with E-state index in [2.05, 4.69) is 32.7 Å². The molecule has 0 aliphatic heterocycles. The van der Waals surface area contributed by atoms with Gasteiger partial charge in [0.1, 0.15) is 22.6 Å². The largest absolute Gasteiger partial charge is 0.364 e. The smallest absolute Gasteiger partial charge is 0.226 e. The van der Waals surface area contributed by atoms with Crippen LogP contribution in [0.2, 0.25) is 0 Å². The number of nitrogens with zero attached hydrogens (tertiary/aromatic N) is 3. The van der Waals surface area contributed by atoms with Crippen LogP contribution in [-0.2, 0) is 6.54 Å². The molecule has 0 saturated carbocycles. The van der Waals surface area contributed by atoms with E-state index in [0.29, 0.717) is 12.5 Å². The van der Waals surface area contributed by atoms with Crippen LogP contribution in [0, 0.1) is 0 Å². The van der Waals surface area contributed by atoms with Crippen LogP contribution in [-0.4, -0.2) is 21.7 Å². The normalized spacial score (nSPS) is 10.8. The van der Waals surface area contributed by atoms with Gasteiger partial charge < -0.3 is 15.2 Å². The van der Waals surface area contributed by atoms with Crippen molar-refractivity contribution in [2.75, 3.05) is 17.2 Å². The Balaban J connectivity index is 1.85. The molecule has 0 aliphatic carbocycles. The monoisotopic (exact) mass is 289 g/mol. The summed E-state index contributed by atoms with van der Waals surface area (Å²) in [7, 11) is 0. The van der Waals surface area contributed by atoms with Gasteiger partial charge in [-0.15, -0.1) is 11.3 Å². The maximum Gasteiger partial charge on any atom is 0.226 e. The first-order valence-corrected chi connectivity index (χ1v) is 7.37. The number of thiophene rings is 1. The Bertz CT molecular complexity index is 679. The minimum atomic E-state index is 0.575. The molecule has 3 aromatic rings. The number of nitrogens with one attached hydrogen (secondary N) is 2. The third kappa shape index (κ3) is 2.72. The van der Waals surface area contributed by atoms with E-state index >= 15 is 0 Å². The number of fused-ring (bicyclic) bond motifs is 1. The van der Waals surface area contributed by atoms with Gasteiger partial charge in [-0.2, -0.15) is 4.98 Å². The van der Waals surface area contributed by atoms with Crippen molar-refractivity contribution in [3.05, 3.63) is 29.5 Å². The van der Waals surface area contributed by atoms with Crippen LogP contribution in [0.5, 0.6) is 0 Å². The highest BCUT2D eigenvalue weighted by molar-refractivity contribution is 7.16. The van der Waals surface area contributed by atoms with Crippen LogP contribution in [0.15, 0.2) is 28.3 Å². The molecule has 0 amide bonds. The molecular weight excluding hydrogens is 274 g/mol. The highest BCUT2D eigenvalue weighted by Crippen LogP contribution is 2.26. The quantitative estimate of drug-likeness (QED) is 0.726. The molecule has 0 aromatic carbocycles. The fourth-order valence-corrected chi connectivity index (χ4v) is 2.57. The lowest BCUT2D eigenvalue weighted by atomic mass is 10.3. The third-order valence-electron chi connectivity index (χ3n) is 2.79. The fourth-order valence-electron chi connectivity index (χ4n) is 1.81. The second kappa shape index (κ2) is 5.87. The lowest BCUT2D eigenvalue weighted by molar-refractivity contribution is 0.412. The van der Waals surface area contributed by atoms with Crippen molar-refractivity contribution in [1.29, 1.82) is 0 Å². The van der Waals surface area contributed by atoms with Crippen LogP contribution in [0.1, 0.15) is 19.0 Å². The first-order chi connectivity index (χ1) is 9.86. The number of rotatable bonds is 6. The van der Waals surface area contributed by atoms with Gasteiger partial charge in [0.25, 0.3) is 0 Å². The molecule has 0 atom stereocenters. The Hall–Kier alpha value is -2.15. The van der Waals surface area contributed by atoms with Crippen LogP contribution < -0.4 is 10.6 Å². The molecule has 0 unspecified atom stereocenters. The minimum Gasteiger partial charge on any atom is -0.364 e. The molecule has 2 N–H and O–H groups in total. The summed E-state index contributed by atoms with van der Waals surface area (Å²) in [5, 5.41) is 13.4. The number of anilines is 2. The van der Waals surface area contributed by atoms with Crippen LogP contribution in [0.3, 0.4) is 0 Å². The molecular formula is C13H15N5OS. The van der Waals surface area contributed by atoms with Gasteiger partial charge in [-0.05, 0) is 17.9 Å². The minimum absolute atomic E-state index is 0.575. The topological polar surface area (TPSA) is 75.9 Å². The zero-order chi connectivity index (χ0) is 13.8. The lowest BCUT2D eigenvalue weighted by Gasteiger charge is -2.08. The average molecular weight is 289 g/mol. The number of hydrogen-bond donors (Lipinski definition) is 2. The van der Waals surface area contributed by atoms with Gasteiger partial charge in [-0.1, -0.05) is 12.1 Å². The maximum atomic E-state index is 4.82. The summed E-state index contributed by atoms with van der Waals surface area (Å²) >= 11 is 1.61. The second-order valence-electron chi connectivity index (χ2n) is 4.31. The van der Waals surface area contributed by atoms with Crippen molar-refractivity contribution in [3.8, 4) is 0 Å². The molecule has 3 aromatic heterocycles. The van der Waals surface area contributed by atoms with E-state index in [4.69, 9.17) is 4.52 Å². The molecule has 6 nitrogen and oxygen atoms in total. The first-order valence-electron chi connectivity index (χ1n) is 6.49. The van der Waals surface area contributed by atoms with Crippen molar-refractivity contribution in [2.45, 2.75) is 19.9 Å². The van der Waals surface area contributed by atoms with Crippen LogP contribution >= 0.6 is 11.3 Å². The van der Waals surface area contributed by atoms with Gasteiger partial charge in [-0.3, -0.25) is 0 Å². The van der Waals surface area contributed by atoms with Gasteiger partial charge in [-0.25, -0.2) is 4.98 Å². The summed E-state index contributed by atoms with van der Waals surface area (Å²) in [6, 6.07) is 3.85. The molecule has 3 heterocycles. The highest BCUT2D eigenvalue weighted by atomic mass is 32.1. The summed E-state index contributed by atoms with van der Waals surface area (Å²) in [5.41, 5.74) is 0.843. The van der Waals surface area contributed by atoms with Crippen molar-refractivity contribution in [1.82, 2.24) is 15.1 Å². The van der Waals surface area contributed by atoms with Gasteiger partial charge >= 0.3 is 0 Å². The zero-order valence-corrected chi connectivity index (χ0v) is 11.9. The summed E-state index contributed by atoms with van der Waals surface area (Å²) < 4.78 is 4.82. The first kappa shape index (κ1) is 12.9. The molecule has 0 spiro atoms. The predicted molar refractivity (Wildman–Crippen MR) is 80.0 cm³/mol. The summed E-state index contributed by atoms with van der Waals surface area (Å²) in [6.07, 6.45) is 2.60. The summed E-state index contributed by atoms with van der Waals surface area (Å²) in [6.45, 7) is 3.55. The summed E-state index contributed by atoms with van der Waals surface area (Å²) in [4.78, 5) is 10.00. The molecule has 104 valence electrons. The predicted octanol–water partition coefficient (Wildman–Crippen LogP) is 3.11. The zero-order valence-electron chi connectivity index (χ0n) is 11.1. The van der Waals surface area contributed by atoms with E-state index in [1.165, 1.54) is 0 Å². The van der Waals surface area contributed by atoms with E-state index in [9.17, 15) is 0 Å². The standard InChI is InChI=1S/C13H15N5OS/c1-2-5-14-13-16-11(10-4-7-20-12(10)17-13)15-8-9-3-6-19-18-9/h3-4,6-7H,2,5,8H2,1H3,(H2,14,15,16,17). The molecule has 7 heteroatoms. The van der Waals surface area contributed by atoms with Gasteiger partial charge in [0.05, 0.1) is 11.9 Å². The van der Waals surface area contributed by atoms with Gasteiger partial charge in [0.15, 0.2) is 0 Å². The SMILES string of the molecule is CCCNc1nc(NCc2ccon2)c2ccsc2n1. The van der Waals surface area contributed by atoms with Crippen molar-refractivity contribution in [3.63, 3.8) is 0 Å². The van der Waals surface area contributed by atoms with Gasteiger partial charge in [0, 0.05) is 12.6 Å². The number of hydrogen-bond acceptors (Lipinski definition) is 7. The Morgan fingerprint density at radius 2 is 2.20 bits per heavy atom. The Morgan fingerprint density at radius 1 is 1.25 bits per heavy atom. The Morgan fingerprint density at radius 3 is 3.00 bits per heavy atom. The van der Waals surface area contributed by atoms with E-state index in [1.54, 1.807) is 17.6 Å². The molecule has 0 bridgehead atoms. The molecule has 20 heavy (non-hydrogen) atoms. The Labute approximate surface area is 120 Å². The number of aromatic nitrogens is 3. The van der Waals surface area contributed by atoms with Crippen molar-refractivity contribution in [2.24, 2.45) is 0 Å². The molecule has 3 rings (SSSR count). The van der Waals surface area contributed by atoms with Gasteiger partial charge in [0.2, 0.25) is 5.95 Å². The third-order valence-corrected chi connectivity index (χ3v) is 3.59. The van der Waals surface area contributed by atoms with Crippen molar-refractivity contribution < 1.29 is 4.52 Å². The van der Waals surface area contributed by atoms with Crippen LogP contribution in [0.25, 0.3) is 10.2 Å².